The van der Waals surface area contributed by atoms with Crippen LogP contribution >= 0.6 is 11.3 Å². The molecule has 6 rings (SSSR count). The van der Waals surface area contributed by atoms with Crippen LogP contribution in [-0.4, -0.2) is 21.2 Å². The van der Waals surface area contributed by atoms with E-state index in [1.165, 1.54) is 52.0 Å². The Hall–Kier alpha value is -3.55. The number of alkyl carbamates (subject to hydrolysis) is 1. The number of aliphatic hydroxyl groups is 1. The van der Waals surface area contributed by atoms with Crippen LogP contribution in [0.5, 0.6) is 0 Å². The molecule has 0 spiro atoms. The molecule has 2 aromatic heterocycles. The van der Waals surface area contributed by atoms with Crippen molar-refractivity contribution in [3.63, 3.8) is 0 Å². The SMILES string of the molecule is Cc1cc(C(NC(=O)OCc2ccccc2)c2cnc(C(C)(C)O)s2)cc(-c2c3c(cc4c2CCC4)CCC3)n1. The van der Waals surface area contributed by atoms with Gasteiger partial charge in [0.2, 0.25) is 0 Å². The second-order valence-electron chi connectivity index (χ2n) is 11.4. The lowest BCUT2D eigenvalue weighted by atomic mass is 9.90. The molecule has 0 bridgehead atoms. The number of aromatic nitrogens is 2. The minimum Gasteiger partial charge on any atom is -0.445 e. The number of thiazole rings is 1. The first kappa shape index (κ1) is 26.7. The van der Waals surface area contributed by atoms with Gasteiger partial charge in [-0.15, -0.1) is 11.3 Å². The summed E-state index contributed by atoms with van der Waals surface area (Å²) in [5.74, 6) is 0. The highest BCUT2D eigenvalue weighted by molar-refractivity contribution is 7.11. The number of carbonyl (C=O) groups is 1. The Morgan fingerprint density at radius 3 is 2.40 bits per heavy atom. The molecule has 40 heavy (non-hydrogen) atoms. The molecule has 7 heteroatoms. The Bertz CT molecular complexity index is 1520. The zero-order valence-electron chi connectivity index (χ0n) is 23.3. The normalized spacial score (nSPS) is 15.0. The third-order valence-electron chi connectivity index (χ3n) is 7.84. The van der Waals surface area contributed by atoms with E-state index >= 15 is 0 Å². The summed E-state index contributed by atoms with van der Waals surface area (Å²) in [6, 6.07) is 15.7. The van der Waals surface area contributed by atoms with E-state index in [-0.39, 0.29) is 6.61 Å². The second kappa shape index (κ2) is 10.8. The van der Waals surface area contributed by atoms with E-state index in [0.29, 0.717) is 5.01 Å². The smallest absolute Gasteiger partial charge is 0.408 e. The molecular weight excluding hydrogens is 518 g/mol. The molecule has 0 aliphatic heterocycles. The number of hydrogen-bond donors (Lipinski definition) is 2. The van der Waals surface area contributed by atoms with Crippen molar-refractivity contribution in [3.05, 3.63) is 104 Å². The summed E-state index contributed by atoms with van der Waals surface area (Å²) in [5.41, 5.74) is 9.77. The molecule has 0 saturated heterocycles. The largest absolute Gasteiger partial charge is 0.445 e. The van der Waals surface area contributed by atoms with Crippen molar-refractivity contribution in [1.29, 1.82) is 0 Å². The Kier molecular flexibility index (Phi) is 7.19. The van der Waals surface area contributed by atoms with Crippen molar-refractivity contribution in [1.82, 2.24) is 15.3 Å². The van der Waals surface area contributed by atoms with E-state index in [2.05, 4.69) is 22.4 Å². The zero-order chi connectivity index (χ0) is 27.9. The van der Waals surface area contributed by atoms with Crippen LogP contribution in [-0.2, 0) is 42.6 Å². The molecule has 2 aliphatic carbocycles. The van der Waals surface area contributed by atoms with Crippen molar-refractivity contribution in [3.8, 4) is 11.3 Å². The second-order valence-corrected chi connectivity index (χ2v) is 12.5. The van der Waals surface area contributed by atoms with Crippen molar-refractivity contribution in [2.24, 2.45) is 0 Å². The van der Waals surface area contributed by atoms with Gasteiger partial charge in [-0.05, 0) is 105 Å². The summed E-state index contributed by atoms with van der Waals surface area (Å²) in [6.07, 6.45) is 8.03. The highest BCUT2D eigenvalue weighted by Crippen LogP contribution is 2.41. The van der Waals surface area contributed by atoms with Gasteiger partial charge in [0, 0.05) is 17.5 Å². The molecule has 1 amide bonds. The van der Waals surface area contributed by atoms with Crippen LogP contribution in [0, 0.1) is 6.92 Å². The average Bonchev–Trinajstić information content (AvgIpc) is 3.70. The van der Waals surface area contributed by atoms with Crippen LogP contribution in [0.4, 0.5) is 4.79 Å². The van der Waals surface area contributed by atoms with Crippen LogP contribution in [0.15, 0.2) is 54.7 Å². The lowest BCUT2D eigenvalue weighted by Gasteiger charge is -2.21. The van der Waals surface area contributed by atoms with Crippen molar-refractivity contribution in [2.45, 2.75) is 77.5 Å². The predicted molar refractivity (Wildman–Crippen MR) is 157 cm³/mol. The molecule has 4 aromatic rings. The van der Waals surface area contributed by atoms with Crippen molar-refractivity contribution in [2.75, 3.05) is 0 Å². The molecule has 2 heterocycles. The molecule has 1 atom stereocenters. The molecule has 206 valence electrons. The summed E-state index contributed by atoms with van der Waals surface area (Å²) in [4.78, 5) is 23.5. The first-order valence-electron chi connectivity index (χ1n) is 14.1. The number of amides is 1. The van der Waals surface area contributed by atoms with E-state index in [1.807, 2.05) is 43.3 Å². The van der Waals surface area contributed by atoms with Crippen molar-refractivity contribution < 1.29 is 14.6 Å². The number of pyridine rings is 1. The van der Waals surface area contributed by atoms with E-state index in [0.717, 1.165) is 53.1 Å². The first-order valence-corrected chi connectivity index (χ1v) is 14.9. The molecular formula is C33H35N3O3S. The van der Waals surface area contributed by atoms with Crippen LogP contribution < -0.4 is 5.32 Å². The number of nitrogens with one attached hydrogen (secondary N) is 1. The van der Waals surface area contributed by atoms with Crippen LogP contribution in [0.1, 0.15) is 81.7 Å². The zero-order valence-corrected chi connectivity index (χ0v) is 24.1. The van der Waals surface area contributed by atoms with Gasteiger partial charge in [0.1, 0.15) is 17.2 Å². The van der Waals surface area contributed by atoms with Gasteiger partial charge in [-0.25, -0.2) is 9.78 Å². The van der Waals surface area contributed by atoms with E-state index in [4.69, 9.17) is 9.72 Å². The maximum atomic E-state index is 13.1. The van der Waals surface area contributed by atoms with Gasteiger partial charge in [0.05, 0.1) is 16.6 Å². The minimum absolute atomic E-state index is 0.180. The number of hydrogen-bond acceptors (Lipinski definition) is 6. The van der Waals surface area contributed by atoms with E-state index in [9.17, 15) is 9.90 Å². The fraction of sp³-hybridized carbons (Fsp3) is 0.364. The monoisotopic (exact) mass is 553 g/mol. The fourth-order valence-corrected chi connectivity index (χ4v) is 7.02. The topological polar surface area (TPSA) is 84.3 Å². The summed E-state index contributed by atoms with van der Waals surface area (Å²) >= 11 is 1.40. The van der Waals surface area contributed by atoms with E-state index < -0.39 is 17.7 Å². The number of carbonyl (C=O) groups excluding carboxylic acids is 1. The highest BCUT2D eigenvalue weighted by atomic mass is 32.1. The maximum Gasteiger partial charge on any atom is 0.408 e. The van der Waals surface area contributed by atoms with E-state index in [1.54, 1.807) is 20.0 Å². The molecule has 0 saturated carbocycles. The first-order chi connectivity index (χ1) is 19.3. The molecule has 0 fully saturated rings. The standard InChI is InChI=1S/C33H35N3O3S/c1-20-15-24(17-27(35-20)29-25-13-7-11-22(25)16-23-12-8-14-26(23)29)30(28-18-34-31(40-28)33(2,3)38)36-32(37)39-19-21-9-5-4-6-10-21/h4-6,9-10,15-18,30,38H,7-8,11-14,19H2,1-3H3,(H,36,37). The quantitative estimate of drug-likeness (QED) is 0.265. The van der Waals surface area contributed by atoms with Gasteiger partial charge in [0.25, 0.3) is 0 Å². The number of ether oxygens (including phenoxy) is 1. The number of rotatable bonds is 7. The van der Waals surface area contributed by atoms with Gasteiger partial charge < -0.3 is 15.2 Å². The van der Waals surface area contributed by atoms with Gasteiger partial charge in [-0.3, -0.25) is 4.98 Å². The maximum absolute atomic E-state index is 13.1. The summed E-state index contributed by atoms with van der Waals surface area (Å²) in [5, 5.41) is 14.3. The predicted octanol–water partition coefficient (Wildman–Crippen LogP) is 6.73. The summed E-state index contributed by atoms with van der Waals surface area (Å²) < 4.78 is 5.61. The average molecular weight is 554 g/mol. The molecule has 1 unspecified atom stereocenters. The summed E-state index contributed by atoms with van der Waals surface area (Å²) in [6.45, 7) is 5.63. The number of nitrogens with zero attached hydrogens (tertiary/aromatic N) is 2. The van der Waals surface area contributed by atoms with Gasteiger partial charge in [-0.2, -0.15) is 0 Å². The molecule has 2 aliphatic rings. The Balaban J connectivity index is 1.39. The molecule has 2 aromatic carbocycles. The lowest BCUT2D eigenvalue weighted by molar-refractivity contribution is 0.0783. The van der Waals surface area contributed by atoms with Crippen LogP contribution in [0.3, 0.4) is 0 Å². The van der Waals surface area contributed by atoms with Gasteiger partial charge in [-0.1, -0.05) is 36.4 Å². The molecule has 0 radical (unpaired) electrons. The fourth-order valence-electron chi connectivity index (χ4n) is 6.02. The van der Waals surface area contributed by atoms with Crippen LogP contribution in [0.25, 0.3) is 11.3 Å². The lowest BCUT2D eigenvalue weighted by Crippen LogP contribution is -2.29. The Morgan fingerprint density at radius 1 is 1.05 bits per heavy atom. The number of fused-ring (bicyclic) bond motifs is 2. The number of aryl methyl sites for hydroxylation is 3. The Morgan fingerprint density at radius 2 is 1.75 bits per heavy atom. The van der Waals surface area contributed by atoms with Gasteiger partial charge in [0.15, 0.2) is 0 Å². The number of benzene rings is 2. The van der Waals surface area contributed by atoms with Crippen LogP contribution in [0.2, 0.25) is 0 Å². The molecule has 2 N–H and O–H groups in total. The Labute approximate surface area is 239 Å². The van der Waals surface area contributed by atoms with Gasteiger partial charge >= 0.3 is 6.09 Å². The summed E-state index contributed by atoms with van der Waals surface area (Å²) in [7, 11) is 0. The third-order valence-corrected chi connectivity index (χ3v) is 9.22. The third kappa shape index (κ3) is 5.40. The molecule has 6 nitrogen and oxygen atoms in total. The highest BCUT2D eigenvalue weighted by Gasteiger charge is 2.29. The minimum atomic E-state index is -1.08. The van der Waals surface area contributed by atoms with Crippen molar-refractivity contribution >= 4 is 17.4 Å².